The van der Waals surface area contributed by atoms with E-state index in [0.29, 0.717) is 11.1 Å². The molecule has 2 rings (SSSR count). The summed E-state index contributed by atoms with van der Waals surface area (Å²) < 4.78 is 12.7. The standard InChI is InChI=1S/C12H8FNOS/c13-11-3-1-9(2-4-11)10(8-15)7-12-14-5-6-16-12/h1-8H/b10-7+. The zero-order valence-electron chi connectivity index (χ0n) is 8.26. The summed E-state index contributed by atoms with van der Waals surface area (Å²) in [7, 11) is 0. The molecule has 2 nitrogen and oxygen atoms in total. The smallest absolute Gasteiger partial charge is 0.150 e. The van der Waals surface area contributed by atoms with Crippen LogP contribution in [0.25, 0.3) is 11.6 Å². The first-order chi connectivity index (χ1) is 7.79. The third-order valence-corrected chi connectivity index (χ3v) is 2.76. The van der Waals surface area contributed by atoms with Gasteiger partial charge in [0.05, 0.1) is 0 Å². The Bertz CT molecular complexity index is 502. The molecule has 16 heavy (non-hydrogen) atoms. The maximum Gasteiger partial charge on any atom is 0.150 e. The van der Waals surface area contributed by atoms with E-state index in [2.05, 4.69) is 4.98 Å². The first-order valence-corrected chi connectivity index (χ1v) is 5.50. The van der Waals surface area contributed by atoms with Gasteiger partial charge < -0.3 is 0 Å². The van der Waals surface area contributed by atoms with Crippen molar-refractivity contribution in [1.29, 1.82) is 0 Å². The number of halogens is 1. The molecule has 1 aromatic carbocycles. The van der Waals surface area contributed by atoms with Gasteiger partial charge in [-0.25, -0.2) is 9.37 Å². The van der Waals surface area contributed by atoms with Crippen LogP contribution in [0.5, 0.6) is 0 Å². The normalized spacial score (nSPS) is 11.4. The molecule has 80 valence electrons. The molecule has 0 bridgehead atoms. The average Bonchev–Trinajstić information content (AvgIpc) is 2.80. The fourth-order valence-corrected chi connectivity index (χ4v) is 1.84. The van der Waals surface area contributed by atoms with E-state index in [1.807, 2.05) is 5.38 Å². The van der Waals surface area contributed by atoms with E-state index in [1.165, 1.54) is 23.5 Å². The maximum absolute atomic E-state index is 12.7. The van der Waals surface area contributed by atoms with Crippen molar-refractivity contribution in [3.8, 4) is 0 Å². The van der Waals surface area contributed by atoms with Crippen LogP contribution in [0.2, 0.25) is 0 Å². The van der Waals surface area contributed by atoms with Gasteiger partial charge in [0.15, 0.2) is 6.29 Å². The number of allylic oxidation sites excluding steroid dienone is 1. The summed E-state index contributed by atoms with van der Waals surface area (Å²) in [6.07, 6.45) is 4.10. The molecule has 0 aliphatic carbocycles. The topological polar surface area (TPSA) is 30.0 Å². The Balaban J connectivity index is 2.36. The number of thiazole rings is 1. The molecule has 2 aromatic rings. The van der Waals surface area contributed by atoms with Crippen molar-refractivity contribution in [3.05, 3.63) is 52.2 Å². The number of aldehydes is 1. The Kier molecular flexibility index (Phi) is 3.22. The van der Waals surface area contributed by atoms with Gasteiger partial charge in [0.2, 0.25) is 0 Å². The third kappa shape index (κ3) is 2.41. The molecule has 0 aliphatic rings. The predicted molar refractivity (Wildman–Crippen MR) is 62.4 cm³/mol. The Morgan fingerprint density at radius 1 is 1.31 bits per heavy atom. The molecule has 0 radical (unpaired) electrons. The number of carbonyl (C=O) groups is 1. The molecule has 0 amide bonds. The van der Waals surface area contributed by atoms with Crippen molar-refractivity contribution in [2.24, 2.45) is 0 Å². The van der Waals surface area contributed by atoms with Crippen LogP contribution in [0.15, 0.2) is 35.8 Å². The highest BCUT2D eigenvalue weighted by Crippen LogP contribution is 2.17. The Morgan fingerprint density at radius 3 is 2.62 bits per heavy atom. The van der Waals surface area contributed by atoms with Gasteiger partial charge in [-0.2, -0.15) is 0 Å². The van der Waals surface area contributed by atoms with Gasteiger partial charge in [-0.15, -0.1) is 11.3 Å². The van der Waals surface area contributed by atoms with Gasteiger partial charge in [-0.1, -0.05) is 12.1 Å². The molecule has 0 N–H and O–H groups in total. The van der Waals surface area contributed by atoms with E-state index in [9.17, 15) is 9.18 Å². The largest absolute Gasteiger partial charge is 0.298 e. The second-order valence-electron chi connectivity index (χ2n) is 3.09. The van der Waals surface area contributed by atoms with Crippen LogP contribution in [0.3, 0.4) is 0 Å². The second kappa shape index (κ2) is 4.81. The lowest BCUT2D eigenvalue weighted by atomic mass is 10.1. The molecule has 0 saturated carbocycles. The van der Waals surface area contributed by atoms with Gasteiger partial charge in [0, 0.05) is 17.2 Å². The van der Waals surface area contributed by atoms with Crippen molar-refractivity contribution in [2.45, 2.75) is 0 Å². The molecule has 0 spiro atoms. The van der Waals surface area contributed by atoms with E-state index in [0.717, 1.165) is 11.3 Å². The summed E-state index contributed by atoms with van der Waals surface area (Å²) in [6.45, 7) is 0. The highest BCUT2D eigenvalue weighted by atomic mass is 32.1. The highest BCUT2D eigenvalue weighted by Gasteiger charge is 2.02. The second-order valence-corrected chi connectivity index (χ2v) is 4.02. The molecule has 4 heteroatoms. The lowest BCUT2D eigenvalue weighted by Crippen LogP contribution is -1.86. The first kappa shape index (κ1) is 10.7. The van der Waals surface area contributed by atoms with Crippen molar-refractivity contribution < 1.29 is 9.18 Å². The number of carbonyl (C=O) groups excluding carboxylic acids is 1. The zero-order chi connectivity index (χ0) is 11.4. The van der Waals surface area contributed by atoms with Gasteiger partial charge in [-0.3, -0.25) is 4.79 Å². The molecule has 0 fully saturated rings. The fourth-order valence-electron chi connectivity index (χ4n) is 1.27. The van der Waals surface area contributed by atoms with Crippen LogP contribution in [-0.4, -0.2) is 11.3 Å². The zero-order valence-corrected chi connectivity index (χ0v) is 9.08. The first-order valence-electron chi connectivity index (χ1n) is 4.62. The number of hydrogen-bond donors (Lipinski definition) is 0. The van der Waals surface area contributed by atoms with Crippen LogP contribution in [0, 0.1) is 5.82 Å². The number of benzene rings is 1. The van der Waals surface area contributed by atoms with E-state index >= 15 is 0 Å². The minimum absolute atomic E-state index is 0.316. The van der Waals surface area contributed by atoms with Crippen molar-refractivity contribution in [2.75, 3.05) is 0 Å². The van der Waals surface area contributed by atoms with Crippen molar-refractivity contribution in [3.63, 3.8) is 0 Å². The van der Waals surface area contributed by atoms with Gasteiger partial charge in [0.1, 0.15) is 10.8 Å². The van der Waals surface area contributed by atoms with Crippen LogP contribution < -0.4 is 0 Å². The monoisotopic (exact) mass is 233 g/mol. The maximum atomic E-state index is 12.7. The van der Waals surface area contributed by atoms with Gasteiger partial charge >= 0.3 is 0 Å². The highest BCUT2D eigenvalue weighted by molar-refractivity contribution is 7.10. The number of aromatic nitrogens is 1. The van der Waals surface area contributed by atoms with E-state index in [4.69, 9.17) is 0 Å². The SMILES string of the molecule is O=C/C(=C\c1nccs1)c1ccc(F)cc1. The predicted octanol–water partition coefficient (Wildman–Crippen LogP) is 3.02. The van der Waals surface area contributed by atoms with Gasteiger partial charge in [-0.05, 0) is 23.8 Å². The lowest BCUT2D eigenvalue weighted by Gasteiger charge is -1.98. The number of hydrogen-bond acceptors (Lipinski definition) is 3. The van der Waals surface area contributed by atoms with Gasteiger partial charge in [0.25, 0.3) is 0 Å². The Hall–Kier alpha value is -1.81. The van der Waals surface area contributed by atoms with Crippen LogP contribution in [-0.2, 0) is 4.79 Å². The molecule has 0 unspecified atom stereocenters. The molecule has 0 aliphatic heterocycles. The summed E-state index contributed by atoms with van der Waals surface area (Å²) in [5, 5.41) is 2.59. The Morgan fingerprint density at radius 2 is 2.06 bits per heavy atom. The third-order valence-electron chi connectivity index (χ3n) is 2.03. The fraction of sp³-hybridized carbons (Fsp3) is 0. The van der Waals surface area contributed by atoms with Crippen molar-refractivity contribution >= 4 is 29.3 Å². The molecule has 0 atom stereocenters. The van der Waals surface area contributed by atoms with Crippen LogP contribution in [0.4, 0.5) is 4.39 Å². The minimum atomic E-state index is -0.316. The number of rotatable bonds is 3. The molecule has 1 heterocycles. The van der Waals surface area contributed by atoms with E-state index in [-0.39, 0.29) is 5.82 Å². The van der Waals surface area contributed by atoms with E-state index < -0.39 is 0 Å². The summed E-state index contributed by atoms with van der Waals surface area (Å²) >= 11 is 1.44. The summed E-state index contributed by atoms with van der Waals surface area (Å²) in [5.41, 5.74) is 1.18. The van der Waals surface area contributed by atoms with Crippen molar-refractivity contribution in [1.82, 2.24) is 4.98 Å². The molecule has 0 saturated heterocycles. The van der Waals surface area contributed by atoms with Crippen LogP contribution >= 0.6 is 11.3 Å². The molecular weight excluding hydrogens is 225 g/mol. The quantitative estimate of drug-likeness (QED) is 0.602. The Labute approximate surface area is 96.1 Å². The van der Waals surface area contributed by atoms with E-state index in [1.54, 1.807) is 24.4 Å². The lowest BCUT2D eigenvalue weighted by molar-refractivity contribution is -0.103. The summed E-state index contributed by atoms with van der Waals surface area (Å²) in [6, 6.07) is 5.80. The number of nitrogens with zero attached hydrogens (tertiary/aromatic N) is 1. The average molecular weight is 233 g/mol. The summed E-state index contributed by atoms with van der Waals surface area (Å²) in [4.78, 5) is 15.0. The minimum Gasteiger partial charge on any atom is -0.298 e. The summed E-state index contributed by atoms with van der Waals surface area (Å²) in [5.74, 6) is -0.316. The van der Waals surface area contributed by atoms with Crippen LogP contribution in [0.1, 0.15) is 10.6 Å². The molecule has 1 aromatic heterocycles. The molecular formula is C12H8FNOS.